The van der Waals surface area contributed by atoms with Crippen LogP contribution < -0.4 is 9.64 Å². The van der Waals surface area contributed by atoms with Crippen LogP contribution in [0.3, 0.4) is 0 Å². The monoisotopic (exact) mass is 231 g/mol. The first kappa shape index (κ1) is 11.5. The number of methoxy groups -OCH3 is 1. The molecular formula is C13H17N3O. The lowest BCUT2D eigenvalue weighted by molar-refractivity contribution is 0.415. The van der Waals surface area contributed by atoms with Crippen molar-refractivity contribution >= 4 is 5.69 Å². The van der Waals surface area contributed by atoms with E-state index in [-0.39, 0.29) is 0 Å². The van der Waals surface area contributed by atoms with E-state index in [2.05, 4.69) is 33.9 Å². The average Bonchev–Trinajstić information content (AvgIpc) is 2.89. The van der Waals surface area contributed by atoms with Crippen LogP contribution in [0.5, 0.6) is 5.75 Å². The van der Waals surface area contributed by atoms with Crippen molar-refractivity contribution in [3.63, 3.8) is 0 Å². The highest BCUT2D eigenvalue weighted by Crippen LogP contribution is 2.20. The molecule has 1 aromatic carbocycles. The van der Waals surface area contributed by atoms with Gasteiger partial charge < -0.3 is 14.6 Å². The topological polar surface area (TPSA) is 41.2 Å². The van der Waals surface area contributed by atoms with E-state index in [4.69, 9.17) is 4.74 Å². The fourth-order valence-electron chi connectivity index (χ4n) is 1.74. The maximum absolute atomic E-state index is 5.15. The fraction of sp³-hybridized carbons (Fsp3) is 0.308. The SMILES string of the molecule is CCN(Cc1ncc[nH]1)c1ccc(OC)cc1. The minimum atomic E-state index is 0.788. The third kappa shape index (κ3) is 2.78. The van der Waals surface area contributed by atoms with Crippen LogP contribution in [0.25, 0.3) is 0 Å². The smallest absolute Gasteiger partial charge is 0.125 e. The second-order valence-electron chi connectivity index (χ2n) is 3.75. The van der Waals surface area contributed by atoms with Gasteiger partial charge in [-0.3, -0.25) is 0 Å². The number of benzene rings is 1. The van der Waals surface area contributed by atoms with Crippen LogP contribution in [-0.4, -0.2) is 23.6 Å². The van der Waals surface area contributed by atoms with Crippen molar-refractivity contribution in [2.24, 2.45) is 0 Å². The summed E-state index contributed by atoms with van der Waals surface area (Å²) in [5.74, 6) is 1.85. The Morgan fingerprint density at radius 2 is 2.06 bits per heavy atom. The molecule has 0 aliphatic carbocycles. The Morgan fingerprint density at radius 3 is 2.59 bits per heavy atom. The van der Waals surface area contributed by atoms with Gasteiger partial charge >= 0.3 is 0 Å². The van der Waals surface area contributed by atoms with Crippen molar-refractivity contribution < 1.29 is 4.74 Å². The number of imidazole rings is 1. The molecule has 4 heteroatoms. The normalized spacial score (nSPS) is 10.2. The summed E-state index contributed by atoms with van der Waals surface area (Å²) < 4.78 is 5.15. The average molecular weight is 231 g/mol. The van der Waals surface area contributed by atoms with Gasteiger partial charge in [0.1, 0.15) is 11.6 Å². The summed E-state index contributed by atoms with van der Waals surface area (Å²) in [5.41, 5.74) is 1.17. The van der Waals surface area contributed by atoms with E-state index in [1.165, 1.54) is 5.69 Å². The number of hydrogen-bond donors (Lipinski definition) is 1. The molecule has 0 radical (unpaired) electrons. The molecule has 2 rings (SSSR count). The Morgan fingerprint density at radius 1 is 1.29 bits per heavy atom. The zero-order chi connectivity index (χ0) is 12.1. The molecule has 0 bridgehead atoms. The van der Waals surface area contributed by atoms with Crippen LogP contribution in [0, 0.1) is 0 Å². The molecule has 0 aliphatic rings. The first-order valence-corrected chi connectivity index (χ1v) is 5.70. The van der Waals surface area contributed by atoms with Gasteiger partial charge in [-0.2, -0.15) is 0 Å². The highest BCUT2D eigenvalue weighted by molar-refractivity contribution is 5.48. The number of rotatable bonds is 5. The Kier molecular flexibility index (Phi) is 3.65. The Hall–Kier alpha value is -1.97. The van der Waals surface area contributed by atoms with Gasteiger partial charge in [-0.05, 0) is 31.2 Å². The van der Waals surface area contributed by atoms with Crippen molar-refractivity contribution in [1.29, 1.82) is 0 Å². The second kappa shape index (κ2) is 5.39. The number of nitrogens with one attached hydrogen (secondary N) is 1. The van der Waals surface area contributed by atoms with Crippen molar-refractivity contribution in [2.75, 3.05) is 18.6 Å². The molecule has 17 heavy (non-hydrogen) atoms. The number of anilines is 1. The van der Waals surface area contributed by atoms with E-state index in [1.54, 1.807) is 13.3 Å². The molecule has 0 atom stereocenters. The number of ether oxygens (including phenoxy) is 1. The predicted molar refractivity (Wildman–Crippen MR) is 68.3 cm³/mol. The molecule has 1 N–H and O–H groups in total. The molecule has 0 aliphatic heterocycles. The first-order valence-electron chi connectivity index (χ1n) is 5.70. The van der Waals surface area contributed by atoms with Gasteiger partial charge in [-0.15, -0.1) is 0 Å². The largest absolute Gasteiger partial charge is 0.497 e. The third-order valence-corrected chi connectivity index (χ3v) is 2.71. The second-order valence-corrected chi connectivity index (χ2v) is 3.75. The van der Waals surface area contributed by atoms with Crippen molar-refractivity contribution in [3.05, 3.63) is 42.5 Å². The molecule has 0 fully saturated rings. The zero-order valence-electron chi connectivity index (χ0n) is 10.2. The molecule has 0 saturated heterocycles. The number of aromatic nitrogens is 2. The predicted octanol–water partition coefficient (Wildman–Crippen LogP) is 2.44. The quantitative estimate of drug-likeness (QED) is 0.859. The molecule has 90 valence electrons. The van der Waals surface area contributed by atoms with Gasteiger partial charge in [-0.1, -0.05) is 0 Å². The number of aromatic amines is 1. The van der Waals surface area contributed by atoms with E-state index in [1.807, 2.05) is 18.3 Å². The maximum Gasteiger partial charge on any atom is 0.125 e. The molecule has 4 nitrogen and oxygen atoms in total. The van der Waals surface area contributed by atoms with Crippen LogP contribution in [0.15, 0.2) is 36.7 Å². The summed E-state index contributed by atoms with van der Waals surface area (Å²) in [7, 11) is 1.68. The van der Waals surface area contributed by atoms with Gasteiger partial charge in [0, 0.05) is 24.6 Å². The standard InChI is InChI=1S/C13H17N3O/c1-3-16(10-13-14-8-9-15-13)11-4-6-12(17-2)7-5-11/h4-9H,3,10H2,1-2H3,(H,14,15). The Bertz CT molecular complexity index is 436. The highest BCUT2D eigenvalue weighted by Gasteiger charge is 2.06. The van der Waals surface area contributed by atoms with Gasteiger partial charge in [0.15, 0.2) is 0 Å². The molecule has 0 saturated carbocycles. The van der Waals surface area contributed by atoms with Crippen molar-refractivity contribution in [1.82, 2.24) is 9.97 Å². The summed E-state index contributed by atoms with van der Waals surface area (Å²) in [6.45, 7) is 3.86. The minimum absolute atomic E-state index is 0.788. The minimum Gasteiger partial charge on any atom is -0.497 e. The molecule has 0 amide bonds. The van der Waals surface area contributed by atoms with Crippen molar-refractivity contribution in [2.45, 2.75) is 13.5 Å². The third-order valence-electron chi connectivity index (χ3n) is 2.71. The lowest BCUT2D eigenvalue weighted by atomic mass is 10.2. The van der Waals surface area contributed by atoms with E-state index in [0.717, 1.165) is 24.7 Å². The number of H-pyrrole nitrogens is 1. The van der Waals surface area contributed by atoms with Crippen LogP contribution in [0.1, 0.15) is 12.7 Å². The lowest BCUT2D eigenvalue weighted by Gasteiger charge is -2.22. The summed E-state index contributed by atoms with van der Waals surface area (Å²) in [6.07, 6.45) is 3.62. The molecule has 1 aromatic heterocycles. The summed E-state index contributed by atoms with van der Waals surface area (Å²) in [5, 5.41) is 0. The number of hydrogen-bond acceptors (Lipinski definition) is 3. The van der Waals surface area contributed by atoms with E-state index >= 15 is 0 Å². The van der Waals surface area contributed by atoms with Gasteiger partial charge in [-0.25, -0.2) is 4.98 Å². The van der Waals surface area contributed by atoms with Crippen LogP contribution in [-0.2, 0) is 6.54 Å². The van der Waals surface area contributed by atoms with Crippen LogP contribution in [0.2, 0.25) is 0 Å². The molecule has 1 heterocycles. The highest BCUT2D eigenvalue weighted by atomic mass is 16.5. The molecule has 0 spiro atoms. The van der Waals surface area contributed by atoms with Crippen molar-refractivity contribution in [3.8, 4) is 5.75 Å². The summed E-state index contributed by atoms with van der Waals surface area (Å²) in [6, 6.07) is 8.07. The number of nitrogens with zero attached hydrogens (tertiary/aromatic N) is 2. The molecule has 2 aromatic rings. The zero-order valence-corrected chi connectivity index (χ0v) is 10.2. The van der Waals surface area contributed by atoms with Crippen LogP contribution in [0.4, 0.5) is 5.69 Å². The summed E-state index contributed by atoms with van der Waals surface area (Å²) >= 11 is 0. The van der Waals surface area contributed by atoms with E-state index in [9.17, 15) is 0 Å². The van der Waals surface area contributed by atoms with Crippen LogP contribution >= 0.6 is 0 Å². The van der Waals surface area contributed by atoms with Gasteiger partial charge in [0.2, 0.25) is 0 Å². The fourth-order valence-corrected chi connectivity index (χ4v) is 1.74. The maximum atomic E-state index is 5.15. The Balaban J connectivity index is 2.11. The van der Waals surface area contributed by atoms with Gasteiger partial charge in [0.05, 0.1) is 13.7 Å². The summed E-state index contributed by atoms with van der Waals surface area (Å²) in [4.78, 5) is 9.61. The molecule has 0 unspecified atom stereocenters. The Labute approximate surface area is 101 Å². The van der Waals surface area contributed by atoms with E-state index in [0.29, 0.717) is 0 Å². The first-order chi connectivity index (χ1) is 8.33. The molecular weight excluding hydrogens is 214 g/mol. The lowest BCUT2D eigenvalue weighted by Crippen LogP contribution is -2.22. The van der Waals surface area contributed by atoms with E-state index < -0.39 is 0 Å². The van der Waals surface area contributed by atoms with Gasteiger partial charge in [0.25, 0.3) is 0 Å².